The Hall–Kier alpha value is -2.86. The lowest BCUT2D eigenvalue weighted by molar-refractivity contribution is -0.674. The molecule has 0 saturated carbocycles. The van der Waals surface area contributed by atoms with Gasteiger partial charge in [0, 0.05) is 6.42 Å². The molecule has 2 N–H and O–H groups in total. The van der Waals surface area contributed by atoms with E-state index < -0.39 is 0 Å². The van der Waals surface area contributed by atoms with E-state index >= 15 is 0 Å². The number of benzene rings is 2. The van der Waals surface area contributed by atoms with Crippen LogP contribution in [-0.2, 0) is 16.0 Å². The van der Waals surface area contributed by atoms with Crippen LogP contribution in [0.25, 0.3) is 0 Å². The van der Waals surface area contributed by atoms with E-state index in [0.29, 0.717) is 11.4 Å². The van der Waals surface area contributed by atoms with Gasteiger partial charge in [-0.05, 0) is 42.0 Å². The summed E-state index contributed by atoms with van der Waals surface area (Å²) in [4.78, 5) is 26.2. The molecule has 1 heterocycles. The maximum absolute atomic E-state index is 12.6. The number of nitrogens with zero attached hydrogens (tertiary/aromatic N) is 1. The van der Waals surface area contributed by atoms with Gasteiger partial charge in [0.25, 0.3) is 5.91 Å². The Morgan fingerprint density at radius 2 is 1.54 bits per heavy atom. The van der Waals surface area contributed by atoms with Crippen molar-refractivity contribution >= 4 is 17.5 Å². The summed E-state index contributed by atoms with van der Waals surface area (Å²) in [6, 6.07) is 14.5. The number of ether oxygens (including phenoxy) is 2. The Kier molecular flexibility index (Phi) is 5.53. The Morgan fingerprint density at radius 3 is 2.12 bits per heavy atom. The fraction of sp³-hybridized carbons (Fsp3) is 0.300. The Morgan fingerprint density at radius 1 is 0.962 bits per heavy atom. The predicted octanol–water partition coefficient (Wildman–Crippen LogP) is 1.14. The van der Waals surface area contributed by atoms with Crippen molar-refractivity contribution in [2.45, 2.75) is 18.9 Å². The van der Waals surface area contributed by atoms with Crippen LogP contribution < -0.4 is 19.7 Å². The van der Waals surface area contributed by atoms with E-state index in [4.69, 9.17) is 9.47 Å². The molecule has 2 amide bonds. The zero-order valence-electron chi connectivity index (χ0n) is 15.0. The van der Waals surface area contributed by atoms with E-state index in [1.165, 1.54) is 10.5 Å². The number of rotatable bonds is 7. The average Bonchev–Trinajstić information content (AvgIpc) is 2.96. The van der Waals surface area contributed by atoms with Crippen LogP contribution in [0.1, 0.15) is 12.0 Å². The van der Waals surface area contributed by atoms with Gasteiger partial charge in [-0.2, -0.15) is 0 Å². The number of quaternary nitrogens is 1. The highest BCUT2D eigenvalue weighted by molar-refractivity contribution is 6.21. The van der Waals surface area contributed by atoms with Gasteiger partial charge in [0.15, 0.2) is 6.04 Å². The van der Waals surface area contributed by atoms with Gasteiger partial charge in [0.1, 0.15) is 11.5 Å². The molecule has 1 saturated heterocycles. The normalized spacial score (nSPS) is 16.8. The fourth-order valence-corrected chi connectivity index (χ4v) is 3.09. The number of nitrogens with two attached hydrogens (primary N) is 1. The van der Waals surface area contributed by atoms with Crippen molar-refractivity contribution < 1.29 is 24.4 Å². The highest BCUT2D eigenvalue weighted by Gasteiger charge is 2.42. The molecule has 1 fully saturated rings. The number of carbonyl (C=O) groups excluding carboxylic acids is 2. The minimum atomic E-state index is -0.358. The van der Waals surface area contributed by atoms with Crippen LogP contribution in [0.15, 0.2) is 48.5 Å². The fourth-order valence-electron chi connectivity index (χ4n) is 3.09. The zero-order chi connectivity index (χ0) is 18.5. The van der Waals surface area contributed by atoms with E-state index in [9.17, 15) is 9.59 Å². The van der Waals surface area contributed by atoms with Gasteiger partial charge in [0.2, 0.25) is 5.91 Å². The van der Waals surface area contributed by atoms with Crippen molar-refractivity contribution in [3.05, 3.63) is 54.1 Å². The minimum Gasteiger partial charge on any atom is -0.497 e. The minimum absolute atomic E-state index is 0.158. The first-order valence-electron chi connectivity index (χ1n) is 8.59. The molecule has 26 heavy (non-hydrogen) atoms. The number of hydrogen-bond donors (Lipinski definition) is 1. The molecule has 2 aromatic carbocycles. The molecule has 0 aliphatic carbocycles. The van der Waals surface area contributed by atoms with Gasteiger partial charge in [-0.25, -0.2) is 4.90 Å². The third kappa shape index (κ3) is 3.86. The highest BCUT2D eigenvalue weighted by atomic mass is 16.5. The quantitative estimate of drug-likeness (QED) is 0.756. The molecular formula is C20H23N2O4+. The van der Waals surface area contributed by atoms with Crippen LogP contribution in [0.2, 0.25) is 0 Å². The maximum Gasteiger partial charge on any atom is 0.292 e. The van der Waals surface area contributed by atoms with Gasteiger partial charge in [-0.3, -0.25) is 9.59 Å². The van der Waals surface area contributed by atoms with Crippen LogP contribution in [0.3, 0.4) is 0 Å². The molecule has 1 atom stereocenters. The van der Waals surface area contributed by atoms with Crippen molar-refractivity contribution in [2.24, 2.45) is 0 Å². The van der Waals surface area contributed by atoms with Crippen LogP contribution in [0, 0.1) is 0 Å². The van der Waals surface area contributed by atoms with Crippen molar-refractivity contribution in [3.8, 4) is 11.5 Å². The first-order valence-corrected chi connectivity index (χ1v) is 8.59. The second-order valence-electron chi connectivity index (χ2n) is 6.20. The second-order valence-corrected chi connectivity index (χ2v) is 6.20. The van der Waals surface area contributed by atoms with E-state index in [0.717, 1.165) is 18.7 Å². The van der Waals surface area contributed by atoms with Crippen LogP contribution in [0.5, 0.6) is 11.5 Å². The number of hydrogen-bond acceptors (Lipinski definition) is 4. The molecule has 6 nitrogen and oxygen atoms in total. The third-order valence-corrected chi connectivity index (χ3v) is 4.56. The van der Waals surface area contributed by atoms with Crippen molar-refractivity contribution in [3.63, 3.8) is 0 Å². The summed E-state index contributed by atoms with van der Waals surface area (Å²) < 4.78 is 10.3. The molecule has 0 radical (unpaired) electrons. The highest BCUT2D eigenvalue weighted by Crippen LogP contribution is 2.24. The lowest BCUT2D eigenvalue weighted by Gasteiger charge is -2.14. The molecule has 6 heteroatoms. The monoisotopic (exact) mass is 355 g/mol. The molecule has 3 rings (SSSR count). The summed E-state index contributed by atoms with van der Waals surface area (Å²) >= 11 is 0. The number of amides is 2. The lowest BCUT2D eigenvalue weighted by Crippen LogP contribution is -2.92. The van der Waals surface area contributed by atoms with Gasteiger partial charge in [-0.15, -0.1) is 0 Å². The summed E-state index contributed by atoms with van der Waals surface area (Å²) in [5.41, 5.74) is 1.76. The average molecular weight is 355 g/mol. The Labute approximate surface area is 152 Å². The third-order valence-electron chi connectivity index (χ3n) is 4.56. The summed E-state index contributed by atoms with van der Waals surface area (Å²) in [5.74, 6) is 1.20. The number of imide groups is 1. The van der Waals surface area contributed by atoms with E-state index in [-0.39, 0.29) is 24.3 Å². The Balaban J connectivity index is 1.57. The second kappa shape index (κ2) is 8.01. The van der Waals surface area contributed by atoms with Crippen LogP contribution in [0.4, 0.5) is 5.69 Å². The van der Waals surface area contributed by atoms with E-state index in [1.807, 2.05) is 29.6 Å². The topological polar surface area (TPSA) is 72.4 Å². The van der Waals surface area contributed by atoms with Gasteiger partial charge >= 0.3 is 0 Å². The zero-order valence-corrected chi connectivity index (χ0v) is 15.0. The molecule has 0 aromatic heterocycles. The summed E-state index contributed by atoms with van der Waals surface area (Å²) in [6.45, 7) is 0.743. The van der Waals surface area contributed by atoms with Crippen LogP contribution in [-0.4, -0.2) is 38.6 Å². The van der Waals surface area contributed by atoms with Gasteiger partial charge < -0.3 is 14.8 Å². The lowest BCUT2D eigenvalue weighted by atomic mass is 10.1. The molecule has 1 aliphatic heterocycles. The molecule has 136 valence electrons. The number of anilines is 1. The molecule has 2 aromatic rings. The molecule has 0 unspecified atom stereocenters. The summed E-state index contributed by atoms with van der Waals surface area (Å²) in [5, 5.41) is 1.95. The first kappa shape index (κ1) is 17.9. The largest absolute Gasteiger partial charge is 0.497 e. The van der Waals surface area contributed by atoms with Crippen molar-refractivity contribution in [2.75, 3.05) is 25.7 Å². The number of methoxy groups -OCH3 is 2. The number of carbonyl (C=O) groups is 2. The molecule has 0 bridgehead atoms. The predicted molar refractivity (Wildman–Crippen MR) is 97.4 cm³/mol. The summed E-state index contributed by atoms with van der Waals surface area (Å²) in [7, 11) is 3.22. The van der Waals surface area contributed by atoms with E-state index in [1.54, 1.807) is 38.5 Å². The standard InChI is InChI=1S/C20H22N2O4/c1-25-16-7-3-14(4-8-16)11-12-21-18-13-19(23)22(20(18)24)15-5-9-17(26-2)10-6-15/h3-10,18,21H,11-13H2,1-2H3/p+1/t18-/m0/s1. The van der Waals surface area contributed by atoms with Crippen LogP contribution >= 0.6 is 0 Å². The maximum atomic E-state index is 12.6. The van der Waals surface area contributed by atoms with Crippen molar-refractivity contribution in [1.82, 2.24) is 0 Å². The van der Waals surface area contributed by atoms with Crippen molar-refractivity contribution in [1.29, 1.82) is 0 Å². The van der Waals surface area contributed by atoms with Gasteiger partial charge in [-0.1, -0.05) is 12.1 Å². The van der Waals surface area contributed by atoms with E-state index in [2.05, 4.69) is 0 Å². The molecular weight excluding hydrogens is 332 g/mol. The SMILES string of the molecule is COc1ccc(CC[NH2+][C@H]2CC(=O)N(c3ccc(OC)cc3)C2=O)cc1. The van der Waals surface area contributed by atoms with Gasteiger partial charge in [0.05, 0.1) is 32.9 Å². The first-order chi connectivity index (χ1) is 12.6. The molecule has 0 spiro atoms. The Bertz CT molecular complexity index is 771. The summed E-state index contributed by atoms with van der Waals surface area (Å²) in [6.07, 6.45) is 1.05. The smallest absolute Gasteiger partial charge is 0.292 e. The molecule has 1 aliphatic rings.